The minimum Gasteiger partial charge on any atom is -0.337 e. The predicted octanol–water partition coefficient (Wildman–Crippen LogP) is 3.67. The molecule has 0 spiro atoms. The second-order valence-corrected chi connectivity index (χ2v) is 9.11. The molecule has 1 amide bonds. The van der Waals surface area contributed by atoms with Crippen molar-refractivity contribution in [2.75, 3.05) is 19.6 Å². The van der Waals surface area contributed by atoms with Gasteiger partial charge in [-0.2, -0.15) is 0 Å². The minimum atomic E-state index is 0.0655. The molecule has 0 saturated carbocycles. The number of imidazole rings is 1. The number of hydrogen-bond acceptors (Lipinski definition) is 5. The summed E-state index contributed by atoms with van der Waals surface area (Å²) in [5.41, 5.74) is 4.62. The number of likely N-dealkylation sites (tertiary alicyclic amines) is 1. The molecular formula is C22H29N5OS. The Bertz CT molecular complexity index is 996. The summed E-state index contributed by atoms with van der Waals surface area (Å²) in [7, 11) is 0. The maximum Gasteiger partial charge on any atom is 0.274 e. The highest BCUT2D eigenvalue weighted by atomic mass is 32.1. The van der Waals surface area contributed by atoms with Crippen LogP contribution in [-0.2, 0) is 13.0 Å². The fraction of sp³-hybridized carbons (Fsp3) is 0.500. The van der Waals surface area contributed by atoms with Gasteiger partial charge in [0.2, 0.25) is 0 Å². The first-order valence-corrected chi connectivity index (χ1v) is 11.3. The minimum absolute atomic E-state index is 0.0655. The topological polar surface area (TPSA) is 62.5 Å². The summed E-state index contributed by atoms with van der Waals surface area (Å²) in [6, 6.07) is 4.06. The third kappa shape index (κ3) is 4.21. The van der Waals surface area contributed by atoms with E-state index in [0.717, 1.165) is 66.5 Å². The lowest BCUT2D eigenvalue weighted by Gasteiger charge is -2.26. The van der Waals surface area contributed by atoms with E-state index in [-0.39, 0.29) is 5.91 Å². The molecule has 0 atom stereocenters. The van der Waals surface area contributed by atoms with Gasteiger partial charge in [-0.1, -0.05) is 6.07 Å². The van der Waals surface area contributed by atoms with Crippen molar-refractivity contribution in [3.63, 3.8) is 0 Å². The van der Waals surface area contributed by atoms with Crippen molar-refractivity contribution >= 4 is 22.9 Å². The van der Waals surface area contributed by atoms with E-state index in [4.69, 9.17) is 4.98 Å². The molecule has 6 nitrogen and oxygen atoms in total. The Morgan fingerprint density at radius 3 is 2.69 bits per heavy atom. The molecule has 0 aromatic carbocycles. The number of aryl methyl sites for hydroxylation is 3. The Hall–Kier alpha value is -2.25. The summed E-state index contributed by atoms with van der Waals surface area (Å²) in [5.74, 6) is 0.0655. The monoisotopic (exact) mass is 411 g/mol. The average Bonchev–Trinajstić information content (AvgIpc) is 3.26. The fourth-order valence-corrected chi connectivity index (χ4v) is 4.82. The van der Waals surface area contributed by atoms with Crippen LogP contribution >= 0.6 is 11.3 Å². The number of amides is 1. The van der Waals surface area contributed by atoms with E-state index in [0.29, 0.717) is 12.2 Å². The van der Waals surface area contributed by atoms with Crippen molar-refractivity contribution in [2.45, 2.75) is 53.0 Å². The van der Waals surface area contributed by atoms with Gasteiger partial charge >= 0.3 is 0 Å². The summed E-state index contributed by atoms with van der Waals surface area (Å²) in [5, 5.41) is 4.67. The van der Waals surface area contributed by atoms with Gasteiger partial charge in [0, 0.05) is 43.7 Å². The first kappa shape index (κ1) is 20.0. The number of nitrogens with zero attached hydrogens (tertiary/aromatic N) is 4. The molecule has 3 aromatic rings. The quantitative estimate of drug-likeness (QED) is 0.629. The third-order valence-corrected chi connectivity index (χ3v) is 6.80. The highest BCUT2D eigenvalue weighted by Gasteiger charge is 2.25. The lowest BCUT2D eigenvalue weighted by Crippen LogP contribution is -2.36. The van der Waals surface area contributed by atoms with Crippen molar-refractivity contribution in [1.29, 1.82) is 0 Å². The van der Waals surface area contributed by atoms with Crippen LogP contribution < -0.4 is 5.32 Å². The van der Waals surface area contributed by atoms with E-state index in [9.17, 15) is 4.79 Å². The Morgan fingerprint density at radius 1 is 1.17 bits per heavy atom. The average molecular weight is 412 g/mol. The number of nitrogens with one attached hydrogen (secondary N) is 1. The summed E-state index contributed by atoms with van der Waals surface area (Å²) in [6.07, 6.45) is 6.27. The van der Waals surface area contributed by atoms with Crippen LogP contribution in [0.15, 0.2) is 18.3 Å². The lowest BCUT2D eigenvalue weighted by molar-refractivity contribution is 0.0717. The van der Waals surface area contributed by atoms with Gasteiger partial charge in [0.25, 0.3) is 5.91 Å². The van der Waals surface area contributed by atoms with Crippen LogP contribution in [0.2, 0.25) is 0 Å². The van der Waals surface area contributed by atoms with Crippen molar-refractivity contribution < 1.29 is 4.79 Å². The molecule has 154 valence electrons. The van der Waals surface area contributed by atoms with Crippen LogP contribution in [0.1, 0.15) is 56.6 Å². The summed E-state index contributed by atoms with van der Waals surface area (Å²) in [4.78, 5) is 25.8. The van der Waals surface area contributed by atoms with Gasteiger partial charge in [-0.25, -0.2) is 9.97 Å². The van der Waals surface area contributed by atoms with Crippen molar-refractivity contribution in [3.8, 4) is 0 Å². The number of carbonyl (C=O) groups excluding carboxylic acids is 1. The maximum atomic E-state index is 13.2. The lowest BCUT2D eigenvalue weighted by atomic mass is 10.1. The zero-order valence-electron chi connectivity index (χ0n) is 17.5. The molecule has 1 aliphatic heterocycles. The SMILES string of the molecule is Cc1nc(CCNCc2c(C(=O)N3CCCCC3)nc3c(C)cccn23)sc1C. The van der Waals surface area contributed by atoms with E-state index in [1.165, 1.54) is 11.3 Å². The Morgan fingerprint density at radius 2 is 1.97 bits per heavy atom. The molecule has 0 unspecified atom stereocenters. The molecular weight excluding hydrogens is 382 g/mol. The highest BCUT2D eigenvalue weighted by molar-refractivity contribution is 7.11. The number of rotatable bonds is 6. The van der Waals surface area contributed by atoms with E-state index < -0.39 is 0 Å². The van der Waals surface area contributed by atoms with Crippen molar-refractivity contribution in [1.82, 2.24) is 24.6 Å². The summed E-state index contributed by atoms with van der Waals surface area (Å²) < 4.78 is 2.07. The van der Waals surface area contributed by atoms with Gasteiger partial charge in [-0.15, -0.1) is 11.3 Å². The maximum absolute atomic E-state index is 13.2. The second kappa shape index (κ2) is 8.63. The van der Waals surface area contributed by atoms with Gasteiger partial charge in [-0.3, -0.25) is 4.79 Å². The summed E-state index contributed by atoms with van der Waals surface area (Å²) >= 11 is 1.76. The number of thiazole rings is 1. The molecule has 0 radical (unpaired) electrons. The molecule has 1 aliphatic rings. The fourth-order valence-electron chi connectivity index (χ4n) is 3.89. The molecule has 3 aromatic heterocycles. The molecule has 0 bridgehead atoms. The number of aromatic nitrogens is 3. The summed E-state index contributed by atoms with van der Waals surface area (Å²) in [6.45, 7) is 9.32. The Kier molecular flexibility index (Phi) is 5.96. The largest absolute Gasteiger partial charge is 0.337 e. The first-order chi connectivity index (χ1) is 14.0. The third-order valence-electron chi connectivity index (χ3n) is 5.67. The normalized spacial score (nSPS) is 14.7. The van der Waals surface area contributed by atoms with Crippen LogP contribution in [0.3, 0.4) is 0 Å². The second-order valence-electron chi connectivity index (χ2n) is 7.82. The molecule has 7 heteroatoms. The molecule has 1 N–H and O–H groups in total. The smallest absolute Gasteiger partial charge is 0.274 e. The van der Waals surface area contributed by atoms with Crippen molar-refractivity contribution in [3.05, 3.63) is 50.9 Å². The van der Waals surface area contributed by atoms with Gasteiger partial charge in [-0.05, 0) is 51.7 Å². The number of carbonyl (C=O) groups is 1. The molecule has 4 heterocycles. The molecule has 0 aliphatic carbocycles. The standard InChI is InChI=1S/C22H29N5OS/c1-15-8-7-13-27-18(14-23-10-9-19-24-16(2)17(3)29-19)20(25-21(15)27)22(28)26-11-5-4-6-12-26/h7-8,13,23H,4-6,9-12,14H2,1-3H3. The van der Waals surface area contributed by atoms with E-state index in [2.05, 4.69) is 28.5 Å². The number of piperidine rings is 1. The van der Waals surface area contributed by atoms with Gasteiger partial charge in [0.15, 0.2) is 5.69 Å². The van der Waals surface area contributed by atoms with E-state index in [1.54, 1.807) is 11.3 Å². The van der Waals surface area contributed by atoms with Crippen LogP contribution in [0.4, 0.5) is 0 Å². The molecule has 29 heavy (non-hydrogen) atoms. The molecule has 1 fully saturated rings. The van der Waals surface area contributed by atoms with Crippen LogP contribution in [-0.4, -0.2) is 44.8 Å². The molecule has 4 rings (SSSR count). The Balaban J connectivity index is 1.53. The van der Waals surface area contributed by atoms with E-state index >= 15 is 0 Å². The highest BCUT2D eigenvalue weighted by Crippen LogP contribution is 2.20. The van der Waals surface area contributed by atoms with Crippen LogP contribution in [0.5, 0.6) is 0 Å². The van der Waals surface area contributed by atoms with Gasteiger partial charge in [0.05, 0.1) is 16.4 Å². The number of pyridine rings is 1. The first-order valence-electron chi connectivity index (χ1n) is 10.4. The zero-order chi connectivity index (χ0) is 20.4. The number of hydrogen-bond donors (Lipinski definition) is 1. The predicted molar refractivity (Wildman–Crippen MR) is 117 cm³/mol. The van der Waals surface area contributed by atoms with Gasteiger partial charge in [0.1, 0.15) is 5.65 Å². The van der Waals surface area contributed by atoms with Gasteiger partial charge < -0.3 is 14.6 Å². The van der Waals surface area contributed by atoms with Crippen molar-refractivity contribution in [2.24, 2.45) is 0 Å². The van der Waals surface area contributed by atoms with Crippen LogP contribution in [0.25, 0.3) is 5.65 Å². The van der Waals surface area contributed by atoms with Crippen LogP contribution in [0, 0.1) is 20.8 Å². The van der Waals surface area contributed by atoms with E-state index in [1.807, 2.05) is 30.2 Å². The molecule has 1 saturated heterocycles. The number of fused-ring (bicyclic) bond motifs is 1. The Labute approximate surface area is 176 Å². The zero-order valence-corrected chi connectivity index (χ0v) is 18.3.